The van der Waals surface area contributed by atoms with Crippen LogP contribution in [0.15, 0.2) is 12.2 Å². The van der Waals surface area contributed by atoms with Gasteiger partial charge in [-0.25, -0.2) is 0 Å². The topological polar surface area (TPSA) is 26.3 Å². The SMILES string of the molecule is CCC(C)OC(=O)CCC1CC2CC1C1C3C=CC(C3)C21. The van der Waals surface area contributed by atoms with Crippen molar-refractivity contribution in [1.29, 1.82) is 0 Å². The van der Waals surface area contributed by atoms with Gasteiger partial charge in [0.05, 0.1) is 6.10 Å². The zero-order valence-corrected chi connectivity index (χ0v) is 13.3. The molecule has 0 aromatic heterocycles. The molecule has 3 saturated carbocycles. The normalized spacial score (nSPS) is 46.9. The quantitative estimate of drug-likeness (QED) is 0.430. The molecule has 0 aliphatic heterocycles. The highest BCUT2D eigenvalue weighted by atomic mass is 16.5. The highest BCUT2D eigenvalue weighted by molar-refractivity contribution is 5.69. The van der Waals surface area contributed by atoms with Gasteiger partial charge >= 0.3 is 5.97 Å². The van der Waals surface area contributed by atoms with E-state index in [0.717, 1.165) is 54.3 Å². The summed E-state index contributed by atoms with van der Waals surface area (Å²) in [4.78, 5) is 11.9. The lowest BCUT2D eigenvalue weighted by Gasteiger charge is -2.36. The molecule has 2 nitrogen and oxygen atoms in total. The molecule has 0 radical (unpaired) electrons. The minimum absolute atomic E-state index is 0.0245. The number of carbonyl (C=O) groups excluding carboxylic acids is 1. The molecular weight excluding hydrogens is 260 g/mol. The number of esters is 1. The van der Waals surface area contributed by atoms with Crippen molar-refractivity contribution >= 4 is 5.97 Å². The van der Waals surface area contributed by atoms with Crippen LogP contribution in [0.25, 0.3) is 0 Å². The lowest BCUT2D eigenvalue weighted by Crippen LogP contribution is -2.31. The van der Waals surface area contributed by atoms with Gasteiger partial charge in [0.2, 0.25) is 0 Å². The molecule has 0 aromatic rings. The summed E-state index contributed by atoms with van der Waals surface area (Å²) in [6.45, 7) is 4.05. The number of allylic oxidation sites excluding steroid dienone is 2. The van der Waals surface area contributed by atoms with E-state index >= 15 is 0 Å². The van der Waals surface area contributed by atoms with Gasteiger partial charge in [-0.15, -0.1) is 0 Å². The second-order valence-corrected chi connectivity index (χ2v) is 8.01. The van der Waals surface area contributed by atoms with Gasteiger partial charge in [-0.3, -0.25) is 4.79 Å². The molecule has 116 valence electrons. The van der Waals surface area contributed by atoms with Crippen LogP contribution in [-0.2, 0) is 9.53 Å². The number of hydrogen-bond acceptors (Lipinski definition) is 2. The van der Waals surface area contributed by atoms with Gasteiger partial charge in [0.15, 0.2) is 0 Å². The number of fused-ring (bicyclic) bond motifs is 9. The number of carbonyl (C=O) groups is 1. The van der Waals surface area contributed by atoms with E-state index in [0.29, 0.717) is 6.42 Å². The first kappa shape index (κ1) is 13.8. The maximum Gasteiger partial charge on any atom is 0.306 e. The molecule has 0 saturated heterocycles. The van der Waals surface area contributed by atoms with Crippen molar-refractivity contribution in [3.8, 4) is 0 Å². The lowest BCUT2D eigenvalue weighted by molar-refractivity contribution is -0.148. The summed E-state index contributed by atoms with van der Waals surface area (Å²) >= 11 is 0. The molecule has 0 amide bonds. The summed E-state index contributed by atoms with van der Waals surface area (Å²) in [7, 11) is 0. The Morgan fingerprint density at radius 3 is 2.71 bits per heavy atom. The molecule has 8 unspecified atom stereocenters. The molecule has 4 aliphatic rings. The summed E-state index contributed by atoms with van der Waals surface area (Å²) in [6, 6.07) is 0. The molecule has 4 aliphatic carbocycles. The fourth-order valence-corrected chi connectivity index (χ4v) is 6.15. The van der Waals surface area contributed by atoms with Gasteiger partial charge in [0.25, 0.3) is 0 Å². The monoisotopic (exact) mass is 288 g/mol. The zero-order valence-electron chi connectivity index (χ0n) is 13.3. The first-order valence-electron chi connectivity index (χ1n) is 9.05. The number of ether oxygens (including phenoxy) is 1. The molecule has 4 rings (SSSR count). The lowest BCUT2D eigenvalue weighted by atomic mass is 9.68. The van der Waals surface area contributed by atoms with Gasteiger partial charge in [-0.1, -0.05) is 19.1 Å². The van der Waals surface area contributed by atoms with Crippen molar-refractivity contribution < 1.29 is 9.53 Å². The van der Waals surface area contributed by atoms with E-state index in [2.05, 4.69) is 19.1 Å². The van der Waals surface area contributed by atoms with Crippen molar-refractivity contribution in [2.24, 2.45) is 41.4 Å². The average molecular weight is 288 g/mol. The van der Waals surface area contributed by atoms with E-state index in [-0.39, 0.29) is 12.1 Å². The van der Waals surface area contributed by atoms with Crippen molar-refractivity contribution in [1.82, 2.24) is 0 Å². The van der Waals surface area contributed by atoms with Crippen LogP contribution in [0.4, 0.5) is 0 Å². The smallest absolute Gasteiger partial charge is 0.306 e. The predicted molar refractivity (Wildman–Crippen MR) is 82.5 cm³/mol. The molecule has 3 fully saturated rings. The number of rotatable bonds is 5. The fourth-order valence-electron chi connectivity index (χ4n) is 6.15. The third kappa shape index (κ3) is 2.17. The summed E-state index contributed by atoms with van der Waals surface area (Å²) in [5.74, 6) is 6.47. The first-order chi connectivity index (χ1) is 10.2. The molecule has 4 bridgehead atoms. The standard InChI is InChI=1S/C19H28O2/c1-3-11(2)21-17(20)7-6-12-8-15-10-16(12)19-14-5-4-13(9-14)18(15)19/h4-5,11-16,18-19H,3,6-10H2,1-2H3. The highest BCUT2D eigenvalue weighted by Crippen LogP contribution is 2.67. The molecule has 21 heavy (non-hydrogen) atoms. The van der Waals surface area contributed by atoms with Gasteiger partial charge in [0, 0.05) is 6.42 Å². The van der Waals surface area contributed by atoms with Crippen LogP contribution >= 0.6 is 0 Å². The van der Waals surface area contributed by atoms with Crippen molar-refractivity contribution in [3.05, 3.63) is 12.2 Å². The van der Waals surface area contributed by atoms with Crippen LogP contribution < -0.4 is 0 Å². The molecule has 0 N–H and O–H groups in total. The summed E-state index contributed by atoms with van der Waals surface area (Å²) in [5.41, 5.74) is 0. The van der Waals surface area contributed by atoms with Gasteiger partial charge in [-0.05, 0) is 80.5 Å². The summed E-state index contributed by atoms with van der Waals surface area (Å²) in [5, 5.41) is 0. The van der Waals surface area contributed by atoms with Crippen LogP contribution in [-0.4, -0.2) is 12.1 Å². The molecule has 2 heteroatoms. The second kappa shape index (κ2) is 5.14. The van der Waals surface area contributed by atoms with Crippen LogP contribution in [0.1, 0.15) is 52.4 Å². The Bertz CT molecular complexity index is 454. The van der Waals surface area contributed by atoms with Gasteiger partial charge < -0.3 is 4.74 Å². The molecular formula is C19H28O2. The number of hydrogen-bond donors (Lipinski definition) is 0. The van der Waals surface area contributed by atoms with E-state index in [9.17, 15) is 4.79 Å². The third-order valence-corrected chi connectivity index (χ3v) is 7.03. The van der Waals surface area contributed by atoms with E-state index in [4.69, 9.17) is 4.74 Å². The highest BCUT2D eigenvalue weighted by Gasteiger charge is 2.60. The fraction of sp³-hybridized carbons (Fsp3) is 0.842. The Labute approximate surface area is 128 Å². The maximum absolute atomic E-state index is 11.9. The second-order valence-electron chi connectivity index (χ2n) is 8.01. The van der Waals surface area contributed by atoms with Crippen LogP contribution in [0, 0.1) is 41.4 Å². The van der Waals surface area contributed by atoms with E-state index in [1.165, 1.54) is 19.3 Å². The molecule has 0 aromatic carbocycles. The Morgan fingerprint density at radius 2 is 1.95 bits per heavy atom. The Morgan fingerprint density at radius 1 is 1.19 bits per heavy atom. The average Bonchev–Trinajstić information content (AvgIpc) is 3.22. The van der Waals surface area contributed by atoms with E-state index in [1.54, 1.807) is 0 Å². The largest absolute Gasteiger partial charge is 0.463 e. The predicted octanol–water partition coefficient (Wildman–Crippen LogP) is 4.20. The first-order valence-corrected chi connectivity index (χ1v) is 9.05. The van der Waals surface area contributed by atoms with Crippen molar-refractivity contribution in [2.75, 3.05) is 0 Å². The van der Waals surface area contributed by atoms with Crippen LogP contribution in [0.5, 0.6) is 0 Å². The van der Waals surface area contributed by atoms with Crippen molar-refractivity contribution in [3.63, 3.8) is 0 Å². The van der Waals surface area contributed by atoms with Gasteiger partial charge in [-0.2, -0.15) is 0 Å². The van der Waals surface area contributed by atoms with E-state index in [1.807, 2.05) is 6.92 Å². The minimum Gasteiger partial charge on any atom is -0.463 e. The summed E-state index contributed by atoms with van der Waals surface area (Å²) < 4.78 is 5.43. The Hall–Kier alpha value is -0.790. The summed E-state index contributed by atoms with van der Waals surface area (Å²) in [6.07, 6.45) is 12.0. The minimum atomic E-state index is 0.0245. The van der Waals surface area contributed by atoms with Crippen LogP contribution in [0.3, 0.4) is 0 Å². The van der Waals surface area contributed by atoms with Crippen molar-refractivity contribution in [2.45, 2.75) is 58.5 Å². The molecule has 0 heterocycles. The molecule has 0 spiro atoms. The molecule has 8 atom stereocenters. The maximum atomic E-state index is 11.9. The van der Waals surface area contributed by atoms with E-state index < -0.39 is 0 Å². The Kier molecular flexibility index (Phi) is 3.39. The Balaban J connectivity index is 1.33. The van der Waals surface area contributed by atoms with Gasteiger partial charge in [0.1, 0.15) is 0 Å². The third-order valence-electron chi connectivity index (χ3n) is 7.03. The van der Waals surface area contributed by atoms with Crippen LogP contribution in [0.2, 0.25) is 0 Å². The zero-order chi connectivity index (χ0) is 14.6.